The molecule has 1 N–H and O–H groups in total. The summed E-state index contributed by atoms with van der Waals surface area (Å²) in [5.41, 5.74) is 0.568. The second kappa shape index (κ2) is 5.34. The summed E-state index contributed by atoms with van der Waals surface area (Å²) in [5, 5.41) is 9.72. The molecule has 0 radical (unpaired) electrons. The first-order chi connectivity index (χ1) is 8.06. The maximum atomic E-state index is 11.6. The number of ether oxygens (including phenoxy) is 2. The third kappa shape index (κ3) is 2.38. The minimum absolute atomic E-state index is 0.00486. The summed E-state index contributed by atoms with van der Waals surface area (Å²) in [6, 6.07) is 1.23. The largest absolute Gasteiger partial charge is 0.507 e. The van der Waals surface area contributed by atoms with Crippen LogP contribution in [0.1, 0.15) is 33.2 Å². The highest BCUT2D eigenvalue weighted by Gasteiger charge is 2.21. The van der Waals surface area contributed by atoms with Crippen LogP contribution in [0, 0.1) is 6.92 Å². The van der Waals surface area contributed by atoms with Crippen LogP contribution in [0.25, 0.3) is 0 Å². The Kier molecular flexibility index (Phi) is 4.09. The maximum absolute atomic E-state index is 11.6. The fraction of sp³-hybridized carbons (Fsp3) is 0.333. The van der Waals surface area contributed by atoms with Gasteiger partial charge in [0, 0.05) is 6.07 Å². The van der Waals surface area contributed by atoms with Crippen LogP contribution in [0.15, 0.2) is 6.07 Å². The van der Waals surface area contributed by atoms with Crippen LogP contribution in [0.4, 0.5) is 0 Å². The highest BCUT2D eigenvalue weighted by atomic mass is 16.5. The van der Waals surface area contributed by atoms with E-state index < -0.39 is 5.97 Å². The van der Waals surface area contributed by atoms with Gasteiger partial charge in [0.2, 0.25) is 0 Å². The van der Waals surface area contributed by atoms with Crippen molar-refractivity contribution in [1.82, 2.24) is 0 Å². The molecule has 1 rings (SSSR count). The number of phenols is 1. The van der Waals surface area contributed by atoms with Gasteiger partial charge >= 0.3 is 5.97 Å². The number of carbonyl (C=O) groups is 2. The molecular formula is C12H14O5. The molecule has 0 aromatic heterocycles. The Bertz CT molecular complexity index is 451. The van der Waals surface area contributed by atoms with E-state index in [0.717, 1.165) is 0 Å². The minimum atomic E-state index is -0.659. The van der Waals surface area contributed by atoms with E-state index >= 15 is 0 Å². The van der Waals surface area contributed by atoms with E-state index in [1.807, 2.05) is 0 Å². The lowest BCUT2D eigenvalue weighted by Crippen LogP contribution is -2.09. The Balaban J connectivity index is 3.41. The molecule has 5 nitrogen and oxygen atoms in total. The number of rotatable bonds is 4. The molecule has 1 aromatic carbocycles. The topological polar surface area (TPSA) is 72.8 Å². The van der Waals surface area contributed by atoms with E-state index in [0.29, 0.717) is 11.8 Å². The van der Waals surface area contributed by atoms with Gasteiger partial charge in [-0.2, -0.15) is 0 Å². The highest BCUT2D eigenvalue weighted by molar-refractivity contribution is 5.98. The lowest BCUT2D eigenvalue weighted by atomic mass is 10.0. The third-order valence-corrected chi connectivity index (χ3v) is 2.39. The molecule has 0 aliphatic heterocycles. The summed E-state index contributed by atoms with van der Waals surface area (Å²) in [6.07, 6.45) is 0.580. The standard InChI is InChI=1S/C12H14O5/c1-4-17-12(15)11-7(2)8(6-13)10(16-3)5-9(11)14/h5-6,14H,4H2,1-3H3. The zero-order valence-electron chi connectivity index (χ0n) is 9.94. The predicted molar refractivity (Wildman–Crippen MR) is 60.7 cm³/mol. The first-order valence-electron chi connectivity index (χ1n) is 5.09. The first kappa shape index (κ1) is 13.0. The molecule has 0 spiro atoms. The SMILES string of the molecule is CCOC(=O)c1c(O)cc(OC)c(C=O)c1C. The fourth-order valence-corrected chi connectivity index (χ4v) is 1.56. The molecule has 0 aliphatic rings. The van der Waals surface area contributed by atoms with Gasteiger partial charge in [-0.15, -0.1) is 0 Å². The number of phenolic OH excluding ortho intramolecular Hbond substituents is 1. The number of esters is 1. The van der Waals surface area contributed by atoms with Crippen molar-refractivity contribution in [3.05, 3.63) is 22.8 Å². The molecule has 0 fully saturated rings. The maximum Gasteiger partial charge on any atom is 0.342 e. The summed E-state index contributed by atoms with van der Waals surface area (Å²) in [5.74, 6) is -0.695. The molecule has 0 unspecified atom stereocenters. The van der Waals surface area contributed by atoms with Crippen molar-refractivity contribution in [2.75, 3.05) is 13.7 Å². The van der Waals surface area contributed by atoms with Gasteiger partial charge in [0.05, 0.1) is 19.3 Å². The smallest absolute Gasteiger partial charge is 0.342 e. The van der Waals surface area contributed by atoms with E-state index in [2.05, 4.69) is 0 Å². The molecule has 1 aromatic rings. The number of carbonyl (C=O) groups excluding carboxylic acids is 2. The van der Waals surface area contributed by atoms with E-state index in [4.69, 9.17) is 9.47 Å². The van der Waals surface area contributed by atoms with Gasteiger partial charge in [0.1, 0.15) is 17.1 Å². The van der Waals surface area contributed by atoms with Crippen LogP contribution >= 0.6 is 0 Å². The van der Waals surface area contributed by atoms with Crippen LogP contribution in [0.3, 0.4) is 0 Å². The Morgan fingerprint density at radius 2 is 2.18 bits per heavy atom. The monoisotopic (exact) mass is 238 g/mol. The Labute approximate surface area is 99.0 Å². The molecule has 92 valence electrons. The Hall–Kier alpha value is -2.04. The number of aromatic hydroxyl groups is 1. The quantitative estimate of drug-likeness (QED) is 0.638. The number of methoxy groups -OCH3 is 1. The molecule has 0 saturated carbocycles. The van der Waals surface area contributed by atoms with Gasteiger partial charge in [0.25, 0.3) is 0 Å². The van der Waals surface area contributed by atoms with Crippen LogP contribution in [0.5, 0.6) is 11.5 Å². The second-order valence-electron chi connectivity index (χ2n) is 3.35. The van der Waals surface area contributed by atoms with E-state index in [1.54, 1.807) is 13.8 Å². The van der Waals surface area contributed by atoms with Crippen molar-refractivity contribution in [1.29, 1.82) is 0 Å². The van der Waals surface area contributed by atoms with Crippen LogP contribution in [-0.2, 0) is 4.74 Å². The molecule has 5 heteroatoms. The van der Waals surface area contributed by atoms with Gasteiger partial charge in [-0.3, -0.25) is 4.79 Å². The Morgan fingerprint density at radius 1 is 1.53 bits per heavy atom. The molecule has 0 atom stereocenters. The van der Waals surface area contributed by atoms with Crippen LogP contribution < -0.4 is 4.74 Å². The van der Waals surface area contributed by atoms with Crippen molar-refractivity contribution in [2.45, 2.75) is 13.8 Å². The predicted octanol–water partition coefficient (Wildman–Crippen LogP) is 1.70. The lowest BCUT2D eigenvalue weighted by molar-refractivity contribution is 0.0522. The summed E-state index contributed by atoms with van der Waals surface area (Å²) in [6.45, 7) is 3.41. The molecule has 0 saturated heterocycles. The van der Waals surface area contributed by atoms with E-state index in [1.165, 1.54) is 13.2 Å². The molecular weight excluding hydrogens is 224 g/mol. The molecule has 17 heavy (non-hydrogen) atoms. The third-order valence-electron chi connectivity index (χ3n) is 2.39. The molecule has 0 bridgehead atoms. The fourth-order valence-electron chi connectivity index (χ4n) is 1.56. The number of hydrogen-bond acceptors (Lipinski definition) is 5. The average Bonchev–Trinajstić information content (AvgIpc) is 2.28. The minimum Gasteiger partial charge on any atom is -0.507 e. The first-order valence-corrected chi connectivity index (χ1v) is 5.09. The second-order valence-corrected chi connectivity index (χ2v) is 3.35. The van der Waals surface area contributed by atoms with E-state index in [-0.39, 0.29) is 29.2 Å². The van der Waals surface area contributed by atoms with Crippen LogP contribution in [0.2, 0.25) is 0 Å². The summed E-state index contributed by atoms with van der Waals surface area (Å²) in [7, 11) is 1.38. The zero-order valence-corrected chi connectivity index (χ0v) is 9.94. The zero-order chi connectivity index (χ0) is 13.0. The van der Waals surface area contributed by atoms with Gasteiger partial charge in [-0.1, -0.05) is 0 Å². The van der Waals surface area contributed by atoms with Gasteiger partial charge in [0.15, 0.2) is 6.29 Å². The number of aldehydes is 1. The lowest BCUT2D eigenvalue weighted by Gasteiger charge is -2.12. The van der Waals surface area contributed by atoms with Gasteiger partial charge < -0.3 is 14.6 Å². The summed E-state index contributed by atoms with van der Waals surface area (Å²) >= 11 is 0. The molecule has 0 aliphatic carbocycles. The summed E-state index contributed by atoms with van der Waals surface area (Å²) in [4.78, 5) is 22.6. The van der Waals surface area contributed by atoms with Crippen molar-refractivity contribution >= 4 is 12.3 Å². The summed E-state index contributed by atoms with van der Waals surface area (Å²) < 4.78 is 9.76. The average molecular weight is 238 g/mol. The number of hydrogen-bond donors (Lipinski definition) is 1. The molecule has 0 heterocycles. The van der Waals surface area contributed by atoms with Crippen molar-refractivity contribution in [3.8, 4) is 11.5 Å². The van der Waals surface area contributed by atoms with Gasteiger partial charge in [-0.25, -0.2) is 4.79 Å². The van der Waals surface area contributed by atoms with Gasteiger partial charge in [-0.05, 0) is 19.4 Å². The van der Waals surface area contributed by atoms with Crippen molar-refractivity contribution in [2.24, 2.45) is 0 Å². The normalized spacial score (nSPS) is 9.82. The molecule has 0 amide bonds. The van der Waals surface area contributed by atoms with Crippen molar-refractivity contribution in [3.63, 3.8) is 0 Å². The van der Waals surface area contributed by atoms with E-state index in [9.17, 15) is 14.7 Å². The highest BCUT2D eigenvalue weighted by Crippen LogP contribution is 2.31. The Morgan fingerprint density at radius 3 is 2.65 bits per heavy atom. The van der Waals surface area contributed by atoms with Crippen LogP contribution in [-0.4, -0.2) is 31.1 Å². The van der Waals surface area contributed by atoms with Crippen molar-refractivity contribution < 1.29 is 24.2 Å². The number of benzene rings is 1.